The molecule has 0 N–H and O–H groups in total. The van der Waals surface area contributed by atoms with Crippen LogP contribution in [0.5, 0.6) is 0 Å². The SMILES string of the molecule is CC(C)/C=N/N(CC(C)C)CC(C)C. The average molecular weight is 198 g/mol. The number of hydrogen-bond acceptors (Lipinski definition) is 2. The van der Waals surface area contributed by atoms with Crippen molar-refractivity contribution in [2.24, 2.45) is 22.9 Å². The topological polar surface area (TPSA) is 15.6 Å². The minimum absolute atomic E-state index is 0.539. The van der Waals surface area contributed by atoms with Gasteiger partial charge in [0.25, 0.3) is 0 Å². The molecule has 0 amide bonds. The Morgan fingerprint density at radius 2 is 1.36 bits per heavy atom. The highest BCUT2D eigenvalue weighted by Gasteiger charge is 2.05. The third kappa shape index (κ3) is 8.09. The summed E-state index contributed by atoms with van der Waals surface area (Å²) in [5.74, 6) is 1.90. The molecule has 0 bridgehead atoms. The summed E-state index contributed by atoms with van der Waals surface area (Å²) in [5, 5.41) is 6.70. The third-order valence-corrected chi connectivity index (χ3v) is 1.68. The minimum Gasteiger partial charge on any atom is -0.297 e. The quantitative estimate of drug-likeness (QED) is 0.472. The van der Waals surface area contributed by atoms with Gasteiger partial charge in [0.2, 0.25) is 0 Å². The van der Waals surface area contributed by atoms with Gasteiger partial charge >= 0.3 is 0 Å². The van der Waals surface area contributed by atoms with E-state index in [4.69, 9.17) is 0 Å². The van der Waals surface area contributed by atoms with Gasteiger partial charge in [-0.3, -0.25) is 5.01 Å². The van der Waals surface area contributed by atoms with Crippen molar-refractivity contribution >= 4 is 6.21 Å². The fourth-order valence-corrected chi connectivity index (χ4v) is 1.24. The summed E-state index contributed by atoms with van der Waals surface area (Å²) in [6.07, 6.45) is 2.03. The predicted molar refractivity (Wildman–Crippen MR) is 64.6 cm³/mol. The van der Waals surface area contributed by atoms with Crippen LogP contribution in [-0.4, -0.2) is 24.3 Å². The molecule has 0 aliphatic rings. The molecule has 0 rings (SSSR count). The van der Waals surface area contributed by atoms with Crippen LogP contribution in [-0.2, 0) is 0 Å². The van der Waals surface area contributed by atoms with Crippen LogP contribution in [0.3, 0.4) is 0 Å². The molecule has 0 aliphatic carbocycles. The van der Waals surface area contributed by atoms with Gasteiger partial charge < -0.3 is 0 Å². The van der Waals surface area contributed by atoms with Crippen molar-refractivity contribution in [1.82, 2.24) is 5.01 Å². The molecule has 2 nitrogen and oxygen atoms in total. The van der Waals surface area contributed by atoms with E-state index in [-0.39, 0.29) is 0 Å². The summed E-state index contributed by atoms with van der Waals surface area (Å²) in [5.41, 5.74) is 0. The van der Waals surface area contributed by atoms with E-state index >= 15 is 0 Å². The molecule has 0 fully saturated rings. The Kier molecular flexibility index (Phi) is 6.60. The summed E-state index contributed by atoms with van der Waals surface area (Å²) in [4.78, 5) is 0. The molecular formula is C12H26N2. The molecule has 84 valence electrons. The van der Waals surface area contributed by atoms with Crippen molar-refractivity contribution in [2.45, 2.75) is 41.5 Å². The van der Waals surface area contributed by atoms with Crippen LogP contribution < -0.4 is 0 Å². The maximum Gasteiger partial charge on any atom is 0.0383 e. The van der Waals surface area contributed by atoms with Gasteiger partial charge in [0.15, 0.2) is 0 Å². The standard InChI is InChI=1S/C12H26N2/c1-10(2)7-13-14(8-11(3)4)9-12(5)6/h7,10-12H,8-9H2,1-6H3/b13-7+. The second-order valence-corrected chi connectivity index (χ2v) is 5.17. The lowest BCUT2D eigenvalue weighted by molar-refractivity contribution is 0.229. The van der Waals surface area contributed by atoms with E-state index in [1.807, 2.05) is 6.21 Å². The van der Waals surface area contributed by atoms with E-state index in [1.54, 1.807) is 0 Å². The van der Waals surface area contributed by atoms with Gasteiger partial charge in [0.1, 0.15) is 0 Å². The largest absolute Gasteiger partial charge is 0.297 e. The Balaban J connectivity index is 4.10. The highest BCUT2D eigenvalue weighted by atomic mass is 15.4. The number of nitrogens with zero attached hydrogens (tertiary/aromatic N) is 2. The van der Waals surface area contributed by atoms with Gasteiger partial charge in [0.05, 0.1) is 0 Å². The van der Waals surface area contributed by atoms with E-state index in [0.717, 1.165) is 13.1 Å². The van der Waals surface area contributed by atoms with Crippen LogP contribution in [0.4, 0.5) is 0 Å². The molecule has 0 aromatic heterocycles. The Labute approximate surface area is 89.4 Å². The highest BCUT2D eigenvalue weighted by molar-refractivity contribution is 5.59. The van der Waals surface area contributed by atoms with Crippen LogP contribution in [0, 0.1) is 17.8 Å². The second-order valence-electron chi connectivity index (χ2n) is 5.17. The second kappa shape index (κ2) is 6.86. The summed E-state index contributed by atoms with van der Waals surface area (Å²) in [6.45, 7) is 15.4. The predicted octanol–water partition coefficient (Wildman–Crippen LogP) is 3.24. The van der Waals surface area contributed by atoms with Crippen molar-refractivity contribution in [1.29, 1.82) is 0 Å². The first-order chi connectivity index (χ1) is 6.41. The van der Waals surface area contributed by atoms with Gasteiger partial charge in [-0.1, -0.05) is 41.5 Å². The summed E-state index contributed by atoms with van der Waals surface area (Å²) >= 11 is 0. The molecular weight excluding hydrogens is 172 g/mol. The molecule has 2 heteroatoms. The van der Waals surface area contributed by atoms with Gasteiger partial charge in [-0.2, -0.15) is 5.10 Å². The van der Waals surface area contributed by atoms with Crippen molar-refractivity contribution in [2.75, 3.05) is 13.1 Å². The lowest BCUT2D eigenvalue weighted by atomic mass is 10.2. The Morgan fingerprint density at radius 1 is 0.929 bits per heavy atom. The fourth-order valence-electron chi connectivity index (χ4n) is 1.24. The van der Waals surface area contributed by atoms with Crippen molar-refractivity contribution in [3.63, 3.8) is 0 Å². The van der Waals surface area contributed by atoms with Gasteiger partial charge in [0, 0.05) is 19.3 Å². The van der Waals surface area contributed by atoms with Crippen LogP contribution in [0.15, 0.2) is 5.10 Å². The molecule has 0 aliphatic heterocycles. The van der Waals surface area contributed by atoms with Gasteiger partial charge in [-0.15, -0.1) is 0 Å². The number of hydrazone groups is 1. The Hall–Kier alpha value is -0.530. The normalized spacial score (nSPS) is 12.4. The van der Waals surface area contributed by atoms with Gasteiger partial charge in [-0.25, -0.2) is 0 Å². The zero-order valence-corrected chi connectivity index (χ0v) is 10.6. The maximum absolute atomic E-state index is 4.51. The lowest BCUT2D eigenvalue weighted by Crippen LogP contribution is -2.27. The maximum atomic E-state index is 4.51. The Morgan fingerprint density at radius 3 is 1.64 bits per heavy atom. The zero-order chi connectivity index (χ0) is 11.1. The first kappa shape index (κ1) is 13.5. The molecule has 14 heavy (non-hydrogen) atoms. The fraction of sp³-hybridized carbons (Fsp3) is 0.917. The lowest BCUT2D eigenvalue weighted by Gasteiger charge is -2.23. The Bertz CT molecular complexity index is 150. The van der Waals surface area contributed by atoms with Crippen molar-refractivity contribution < 1.29 is 0 Å². The van der Waals surface area contributed by atoms with E-state index < -0.39 is 0 Å². The highest BCUT2D eigenvalue weighted by Crippen LogP contribution is 2.04. The van der Waals surface area contributed by atoms with Crippen molar-refractivity contribution in [3.8, 4) is 0 Å². The van der Waals surface area contributed by atoms with E-state index in [9.17, 15) is 0 Å². The molecule has 0 spiro atoms. The van der Waals surface area contributed by atoms with Crippen LogP contribution in [0.25, 0.3) is 0 Å². The molecule has 0 saturated carbocycles. The van der Waals surface area contributed by atoms with Crippen molar-refractivity contribution in [3.05, 3.63) is 0 Å². The first-order valence-corrected chi connectivity index (χ1v) is 5.70. The summed E-state index contributed by atoms with van der Waals surface area (Å²) in [6, 6.07) is 0. The molecule has 0 saturated heterocycles. The van der Waals surface area contributed by atoms with Gasteiger partial charge in [-0.05, 0) is 17.8 Å². The molecule has 0 aromatic rings. The first-order valence-electron chi connectivity index (χ1n) is 5.70. The third-order valence-electron chi connectivity index (χ3n) is 1.68. The van der Waals surface area contributed by atoms with E-state index in [0.29, 0.717) is 17.8 Å². The average Bonchev–Trinajstić information content (AvgIpc) is 1.97. The molecule has 0 heterocycles. The molecule has 0 radical (unpaired) electrons. The molecule has 0 atom stereocenters. The molecule has 0 aromatic carbocycles. The van der Waals surface area contributed by atoms with Crippen LogP contribution in [0.2, 0.25) is 0 Å². The van der Waals surface area contributed by atoms with E-state index in [1.165, 1.54) is 0 Å². The monoisotopic (exact) mass is 198 g/mol. The number of rotatable bonds is 6. The summed E-state index contributed by atoms with van der Waals surface area (Å²) in [7, 11) is 0. The smallest absolute Gasteiger partial charge is 0.0383 e. The van der Waals surface area contributed by atoms with Crippen LogP contribution >= 0.6 is 0 Å². The number of hydrogen-bond donors (Lipinski definition) is 0. The van der Waals surface area contributed by atoms with Crippen LogP contribution in [0.1, 0.15) is 41.5 Å². The molecule has 0 unspecified atom stereocenters. The zero-order valence-electron chi connectivity index (χ0n) is 10.6. The van der Waals surface area contributed by atoms with E-state index in [2.05, 4.69) is 51.7 Å². The summed E-state index contributed by atoms with van der Waals surface area (Å²) < 4.78 is 0. The minimum atomic E-state index is 0.539.